The second-order valence-electron chi connectivity index (χ2n) is 8.17. The molecule has 0 radical (unpaired) electrons. The molecule has 2 nitrogen and oxygen atoms in total. The summed E-state index contributed by atoms with van der Waals surface area (Å²) in [7, 11) is 0. The average Bonchev–Trinajstić information content (AvgIpc) is 2.33. The van der Waals surface area contributed by atoms with Gasteiger partial charge in [-0.2, -0.15) is 0 Å². The zero-order valence-corrected chi connectivity index (χ0v) is 14.7. The lowest BCUT2D eigenvalue weighted by Gasteiger charge is -2.27. The summed E-state index contributed by atoms with van der Waals surface area (Å²) in [6.45, 7) is 13.8. The van der Waals surface area contributed by atoms with Crippen molar-refractivity contribution in [3.63, 3.8) is 0 Å². The van der Waals surface area contributed by atoms with Gasteiger partial charge in [0.2, 0.25) is 0 Å². The van der Waals surface area contributed by atoms with E-state index < -0.39 is 0 Å². The van der Waals surface area contributed by atoms with Crippen LogP contribution in [0.25, 0.3) is 0 Å². The summed E-state index contributed by atoms with van der Waals surface area (Å²) >= 11 is 0. The molecule has 1 rings (SSSR count). The van der Waals surface area contributed by atoms with Crippen LogP contribution in [0.3, 0.4) is 0 Å². The van der Waals surface area contributed by atoms with Crippen LogP contribution in [0, 0.1) is 17.3 Å². The summed E-state index contributed by atoms with van der Waals surface area (Å²) in [4.78, 5) is 0. The van der Waals surface area contributed by atoms with Gasteiger partial charge in [-0.3, -0.25) is 11.3 Å². The molecular weight excluding hydrogens is 256 g/mol. The van der Waals surface area contributed by atoms with Crippen molar-refractivity contribution in [2.75, 3.05) is 0 Å². The van der Waals surface area contributed by atoms with E-state index in [1.54, 1.807) is 0 Å². The van der Waals surface area contributed by atoms with Gasteiger partial charge in [-0.25, -0.2) is 0 Å². The van der Waals surface area contributed by atoms with Crippen molar-refractivity contribution < 1.29 is 0 Å². The summed E-state index contributed by atoms with van der Waals surface area (Å²) in [6, 6.07) is 9.13. The van der Waals surface area contributed by atoms with Crippen LogP contribution in [0.15, 0.2) is 24.3 Å². The molecule has 1 aromatic carbocycles. The van der Waals surface area contributed by atoms with E-state index >= 15 is 0 Å². The highest BCUT2D eigenvalue weighted by atomic mass is 15.2. The van der Waals surface area contributed by atoms with Gasteiger partial charge in [0.25, 0.3) is 0 Å². The van der Waals surface area contributed by atoms with Crippen molar-refractivity contribution in [3.05, 3.63) is 35.4 Å². The van der Waals surface area contributed by atoms with Crippen molar-refractivity contribution in [1.29, 1.82) is 0 Å². The molecule has 0 amide bonds. The molecular formula is C19H34N2. The number of nitrogens with one attached hydrogen (secondary N) is 1. The lowest BCUT2D eigenvalue weighted by molar-refractivity contribution is 0.276. The molecule has 0 bridgehead atoms. The largest absolute Gasteiger partial charge is 0.271 e. The Kier molecular flexibility index (Phi) is 6.89. The van der Waals surface area contributed by atoms with Crippen molar-refractivity contribution in [2.24, 2.45) is 23.1 Å². The van der Waals surface area contributed by atoms with Gasteiger partial charge in [-0.15, -0.1) is 0 Å². The second-order valence-corrected chi connectivity index (χ2v) is 8.17. The van der Waals surface area contributed by atoms with Gasteiger partial charge in [0.05, 0.1) is 0 Å². The monoisotopic (exact) mass is 290 g/mol. The minimum Gasteiger partial charge on any atom is -0.271 e. The Balaban J connectivity index is 2.75. The zero-order chi connectivity index (χ0) is 16.0. The number of rotatable bonds is 7. The molecule has 0 fully saturated rings. The molecule has 0 aliphatic heterocycles. The summed E-state index contributed by atoms with van der Waals surface area (Å²) in [6.07, 6.45) is 3.43. The van der Waals surface area contributed by atoms with Gasteiger partial charge in [-0.05, 0) is 47.6 Å². The minimum absolute atomic E-state index is 0.245. The number of nitrogens with two attached hydrogens (primary N) is 1. The quantitative estimate of drug-likeness (QED) is 0.556. The third-order valence-corrected chi connectivity index (χ3v) is 3.80. The lowest BCUT2D eigenvalue weighted by Crippen LogP contribution is -2.30. The maximum Gasteiger partial charge on any atom is 0.0462 e. The van der Waals surface area contributed by atoms with Crippen molar-refractivity contribution in [1.82, 2.24) is 5.43 Å². The first-order valence-corrected chi connectivity index (χ1v) is 8.26. The Hall–Kier alpha value is -0.860. The molecule has 0 heterocycles. The first kappa shape index (κ1) is 18.2. The van der Waals surface area contributed by atoms with Crippen LogP contribution in [0.2, 0.25) is 0 Å². The summed E-state index contributed by atoms with van der Waals surface area (Å²) < 4.78 is 0. The van der Waals surface area contributed by atoms with Crippen molar-refractivity contribution in [3.8, 4) is 0 Å². The normalized spacial score (nSPS) is 15.2. The van der Waals surface area contributed by atoms with E-state index in [4.69, 9.17) is 5.84 Å². The molecule has 0 aliphatic rings. The van der Waals surface area contributed by atoms with Gasteiger partial charge in [0.1, 0.15) is 0 Å². The van der Waals surface area contributed by atoms with Gasteiger partial charge < -0.3 is 0 Å². The van der Waals surface area contributed by atoms with E-state index in [-0.39, 0.29) is 6.04 Å². The SMILES string of the molecule is CC(C)Cc1cccc(C(CC(C)CC(C)(C)C)NN)c1. The van der Waals surface area contributed by atoms with Gasteiger partial charge in [-0.1, -0.05) is 65.8 Å². The van der Waals surface area contributed by atoms with Gasteiger partial charge >= 0.3 is 0 Å². The van der Waals surface area contributed by atoms with E-state index in [0.717, 1.165) is 12.8 Å². The molecule has 0 saturated heterocycles. The molecule has 0 aromatic heterocycles. The Morgan fingerprint density at radius 3 is 2.33 bits per heavy atom. The minimum atomic E-state index is 0.245. The highest BCUT2D eigenvalue weighted by molar-refractivity contribution is 5.26. The van der Waals surface area contributed by atoms with Crippen molar-refractivity contribution in [2.45, 2.75) is 66.8 Å². The van der Waals surface area contributed by atoms with Crippen LogP contribution in [-0.2, 0) is 6.42 Å². The molecule has 0 spiro atoms. The highest BCUT2D eigenvalue weighted by Gasteiger charge is 2.19. The third-order valence-electron chi connectivity index (χ3n) is 3.80. The van der Waals surface area contributed by atoms with E-state index in [2.05, 4.69) is 71.2 Å². The van der Waals surface area contributed by atoms with E-state index in [1.165, 1.54) is 17.5 Å². The lowest BCUT2D eigenvalue weighted by atomic mass is 9.82. The molecule has 2 unspecified atom stereocenters. The van der Waals surface area contributed by atoms with Crippen LogP contribution in [0.4, 0.5) is 0 Å². The second kappa shape index (κ2) is 7.95. The van der Waals surface area contributed by atoms with E-state index in [9.17, 15) is 0 Å². The average molecular weight is 290 g/mol. The van der Waals surface area contributed by atoms with Gasteiger partial charge in [0.15, 0.2) is 0 Å². The maximum absolute atomic E-state index is 5.82. The molecule has 21 heavy (non-hydrogen) atoms. The van der Waals surface area contributed by atoms with E-state index in [0.29, 0.717) is 17.3 Å². The van der Waals surface area contributed by atoms with Crippen LogP contribution < -0.4 is 11.3 Å². The molecule has 2 heteroatoms. The Morgan fingerprint density at radius 2 is 1.81 bits per heavy atom. The van der Waals surface area contributed by atoms with Gasteiger partial charge in [0, 0.05) is 6.04 Å². The van der Waals surface area contributed by atoms with Crippen molar-refractivity contribution >= 4 is 0 Å². The molecule has 1 aromatic rings. The fourth-order valence-corrected chi connectivity index (χ4v) is 3.24. The number of hydrogen-bond acceptors (Lipinski definition) is 2. The number of hydrazine groups is 1. The summed E-state index contributed by atoms with van der Waals surface area (Å²) in [5.41, 5.74) is 6.11. The van der Waals surface area contributed by atoms with Crippen LogP contribution in [-0.4, -0.2) is 0 Å². The number of benzene rings is 1. The molecule has 2 atom stereocenters. The Morgan fingerprint density at radius 1 is 1.14 bits per heavy atom. The Bertz CT molecular complexity index is 418. The number of hydrogen-bond donors (Lipinski definition) is 2. The topological polar surface area (TPSA) is 38.0 Å². The molecule has 0 saturated carbocycles. The highest BCUT2D eigenvalue weighted by Crippen LogP contribution is 2.30. The first-order chi connectivity index (χ1) is 9.71. The molecule has 0 aliphatic carbocycles. The van der Waals surface area contributed by atoms with E-state index in [1.807, 2.05) is 0 Å². The molecule has 120 valence electrons. The van der Waals surface area contributed by atoms with Crippen LogP contribution >= 0.6 is 0 Å². The predicted octanol–water partition coefficient (Wildman–Crippen LogP) is 4.85. The molecule has 3 N–H and O–H groups in total. The van der Waals surface area contributed by atoms with Crippen LogP contribution in [0.1, 0.15) is 71.6 Å². The maximum atomic E-state index is 5.82. The zero-order valence-electron chi connectivity index (χ0n) is 14.7. The summed E-state index contributed by atoms with van der Waals surface area (Å²) in [5, 5.41) is 0. The predicted molar refractivity (Wildman–Crippen MR) is 92.9 cm³/mol. The Labute approximate surface area is 131 Å². The van der Waals surface area contributed by atoms with Crippen LogP contribution in [0.5, 0.6) is 0 Å². The fraction of sp³-hybridized carbons (Fsp3) is 0.684. The smallest absolute Gasteiger partial charge is 0.0462 e. The standard InChI is InChI=1S/C19H34N2/c1-14(2)10-16-8-7-9-17(12-16)18(21-20)11-15(3)13-19(4,5)6/h7-9,12,14-15,18,21H,10-11,13,20H2,1-6H3. The summed E-state index contributed by atoms with van der Waals surface area (Å²) in [5.74, 6) is 7.16. The fourth-order valence-electron chi connectivity index (χ4n) is 3.24. The first-order valence-electron chi connectivity index (χ1n) is 8.26. The third kappa shape index (κ3) is 7.10.